The molecule has 20 heavy (non-hydrogen) atoms. The Hall–Kier alpha value is -1.13. The number of amides is 1. The summed E-state index contributed by atoms with van der Waals surface area (Å²) >= 11 is 0. The summed E-state index contributed by atoms with van der Waals surface area (Å²) in [4.78, 5) is 12.4. The summed E-state index contributed by atoms with van der Waals surface area (Å²) in [5.41, 5.74) is 5.61. The van der Waals surface area contributed by atoms with Crippen molar-refractivity contribution < 1.29 is 9.18 Å². The summed E-state index contributed by atoms with van der Waals surface area (Å²) in [5, 5.41) is 3.00. The Morgan fingerprint density at radius 2 is 2.15 bits per heavy atom. The van der Waals surface area contributed by atoms with Crippen molar-refractivity contribution in [1.29, 1.82) is 0 Å². The van der Waals surface area contributed by atoms with Gasteiger partial charge in [0, 0.05) is 12.6 Å². The molecule has 0 bridgehead atoms. The van der Waals surface area contributed by atoms with Gasteiger partial charge in [0.05, 0.1) is 5.41 Å². The first-order valence-corrected chi connectivity index (χ1v) is 6.72. The summed E-state index contributed by atoms with van der Waals surface area (Å²) in [7, 11) is 0. The maximum atomic E-state index is 13.3. The number of rotatable bonds is 5. The van der Waals surface area contributed by atoms with Crippen LogP contribution in [0.15, 0.2) is 24.3 Å². The number of carbonyl (C=O) groups is 1. The molecular formula is C15H22ClFN2O. The minimum Gasteiger partial charge on any atom is -0.351 e. The van der Waals surface area contributed by atoms with E-state index in [9.17, 15) is 9.18 Å². The van der Waals surface area contributed by atoms with Gasteiger partial charge in [-0.1, -0.05) is 12.1 Å². The summed E-state index contributed by atoms with van der Waals surface area (Å²) < 4.78 is 13.3. The van der Waals surface area contributed by atoms with E-state index in [2.05, 4.69) is 5.32 Å². The highest BCUT2D eigenvalue weighted by molar-refractivity contribution is 5.87. The Balaban J connectivity index is 0.00000200. The Morgan fingerprint density at radius 1 is 1.50 bits per heavy atom. The van der Waals surface area contributed by atoms with Crippen LogP contribution in [0.25, 0.3) is 0 Å². The average Bonchev–Trinajstić information content (AvgIpc) is 3.19. The Kier molecular flexibility index (Phi) is 5.54. The average molecular weight is 301 g/mol. The van der Waals surface area contributed by atoms with Gasteiger partial charge in [-0.3, -0.25) is 4.79 Å². The molecule has 3 nitrogen and oxygen atoms in total. The number of carbonyl (C=O) groups excluding carboxylic acids is 1. The number of nitrogens with two attached hydrogens (primary N) is 1. The zero-order valence-corrected chi connectivity index (χ0v) is 12.7. The zero-order chi connectivity index (χ0) is 14.0. The van der Waals surface area contributed by atoms with Gasteiger partial charge in [0.2, 0.25) is 5.91 Å². The minimum absolute atomic E-state index is 0. The lowest BCUT2D eigenvalue weighted by Gasteiger charge is -2.27. The fourth-order valence-electron chi connectivity index (χ4n) is 2.22. The van der Waals surface area contributed by atoms with E-state index >= 15 is 0 Å². The van der Waals surface area contributed by atoms with E-state index in [-0.39, 0.29) is 30.2 Å². The highest BCUT2D eigenvalue weighted by Crippen LogP contribution is 2.33. The lowest BCUT2D eigenvalue weighted by molar-refractivity contribution is -0.126. The highest BCUT2D eigenvalue weighted by atomic mass is 35.5. The molecular weight excluding hydrogens is 279 g/mol. The summed E-state index contributed by atoms with van der Waals surface area (Å²) in [6, 6.07) is 6.23. The molecule has 1 aromatic carbocycles. The first-order chi connectivity index (χ1) is 8.95. The topological polar surface area (TPSA) is 55.1 Å². The molecule has 0 radical (unpaired) electrons. The van der Waals surface area contributed by atoms with E-state index in [1.54, 1.807) is 26.0 Å². The van der Waals surface area contributed by atoms with Crippen molar-refractivity contribution in [3.63, 3.8) is 0 Å². The molecule has 1 saturated carbocycles. The standard InChI is InChI=1S/C15H21FN2O.ClH/c1-15(2,11-4-3-5-12(16)8-11)14(19)18-13(9-17)10-6-7-10;/h3-5,8,10,13H,6-7,9,17H2,1-2H3,(H,18,19);1H. The molecule has 1 aromatic rings. The monoisotopic (exact) mass is 300 g/mol. The molecule has 5 heteroatoms. The molecule has 0 heterocycles. The lowest BCUT2D eigenvalue weighted by Crippen LogP contribution is -2.48. The van der Waals surface area contributed by atoms with E-state index in [0.717, 1.165) is 12.8 Å². The molecule has 3 N–H and O–H groups in total. The Bertz CT molecular complexity index is 475. The van der Waals surface area contributed by atoms with Gasteiger partial charge in [0.25, 0.3) is 0 Å². The largest absolute Gasteiger partial charge is 0.351 e. The predicted molar refractivity (Wildman–Crippen MR) is 80.4 cm³/mol. The van der Waals surface area contributed by atoms with Crippen LogP contribution in [0, 0.1) is 11.7 Å². The molecule has 0 spiro atoms. The van der Waals surface area contributed by atoms with Crippen molar-refractivity contribution in [3.05, 3.63) is 35.6 Å². The molecule has 0 aromatic heterocycles. The fraction of sp³-hybridized carbons (Fsp3) is 0.533. The molecule has 1 unspecified atom stereocenters. The third-order valence-corrected chi connectivity index (χ3v) is 3.88. The Labute approximate surface area is 125 Å². The molecule has 0 saturated heterocycles. The number of halogens is 2. The molecule has 1 amide bonds. The number of benzene rings is 1. The van der Waals surface area contributed by atoms with Crippen LogP contribution in [0.3, 0.4) is 0 Å². The highest BCUT2D eigenvalue weighted by Gasteiger charge is 2.36. The van der Waals surface area contributed by atoms with Crippen LogP contribution in [0.1, 0.15) is 32.3 Å². The summed E-state index contributed by atoms with van der Waals surface area (Å²) in [5.74, 6) is 0.0913. The van der Waals surface area contributed by atoms with Crippen molar-refractivity contribution in [2.45, 2.75) is 38.1 Å². The van der Waals surface area contributed by atoms with Gasteiger partial charge < -0.3 is 11.1 Å². The van der Waals surface area contributed by atoms with Gasteiger partial charge in [-0.2, -0.15) is 0 Å². The molecule has 2 rings (SSSR count). The van der Waals surface area contributed by atoms with Crippen molar-refractivity contribution >= 4 is 18.3 Å². The van der Waals surface area contributed by atoms with Gasteiger partial charge in [0.1, 0.15) is 5.82 Å². The lowest BCUT2D eigenvalue weighted by atomic mass is 9.83. The second-order valence-corrected chi connectivity index (χ2v) is 5.79. The van der Waals surface area contributed by atoms with Crippen molar-refractivity contribution in [2.75, 3.05) is 6.54 Å². The van der Waals surface area contributed by atoms with Crippen LogP contribution >= 0.6 is 12.4 Å². The smallest absolute Gasteiger partial charge is 0.230 e. The van der Waals surface area contributed by atoms with E-state index in [0.29, 0.717) is 18.0 Å². The summed E-state index contributed by atoms with van der Waals surface area (Å²) in [6.07, 6.45) is 2.26. The van der Waals surface area contributed by atoms with Crippen LogP contribution in [-0.4, -0.2) is 18.5 Å². The number of hydrogen-bond acceptors (Lipinski definition) is 2. The van der Waals surface area contributed by atoms with Gasteiger partial charge in [-0.15, -0.1) is 12.4 Å². The van der Waals surface area contributed by atoms with Crippen LogP contribution in [0.4, 0.5) is 4.39 Å². The second kappa shape index (κ2) is 6.55. The number of nitrogens with one attached hydrogen (secondary N) is 1. The third-order valence-electron chi connectivity index (χ3n) is 3.88. The zero-order valence-electron chi connectivity index (χ0n) is 11.9. The van der Waals surface area contributed by atoms with E-state index in [1.165, 1.54) is 12.1 Å². The molecule has 1 atom stereocenters. The summed E-state index contributed by atoms with van der Waals surface area (Å²) in [6.45, 7) is 4.06. The first-order valence-electron chi connectivity index (χ1n) is 6.72. The maximum absolute atomic E-state index is 13.3. The van der Waals surface area contributed by atoms with Gasteiger partial charge in [-0.25, -0.2) is 4.39 Å². The van der Waals surface area contributed by atoms with Crippen LogP contribution in [0.5, 0.6) is 0 Å². The number of hydrogen-bond donors (Lipinski definition) is 2. The molecule has 0 aliphatic heterocycles. The first kappa shape index (κ1) is 16.9. The van der Waals surface area contributed by atoms with Gasteiger partial charge in [0.15, 0.2) is 0 Å². The van der Waals surface area contributed by atoms with Gasteiger partial charge in [-0.05, 0) is 50.3 Å². The third kappa shape index (κ3) is 3.70. The maximum Gasteiger partial charge on any atom is 0.230 e. The van der Waals surface area contributed by atoms with Crippen molar-refractivity contribution in [1.82, 2.24) is 5.32 Å². The van der Waals surface area contributed by atoms with E-state index in [1.807, 2.05) is 0 Å². The van der Waals surface area contributed by atoms with Crippen LogP contribution in [-0.2, 0) is 10.2 Å². The van der Waals surface area contributed by atoms with Crippen molar-refractivity contribution in [3.8, 4) is 0 Å². The molecule has 1 aliphatic rings. The van der Waals surface area contributed by atoms with Crippen LogP contribution in [0.2, 0.25) is 0 Å². The minimum atomic E-state index is -0.760. The molecule has 112 valence electrons. The Morgan fingerprint density at radius 3 is 2.65 bits per heavy atom. The second-order valence-electron chi connectivity index (χ2n) is 5.79. The van der Waals surface area contributed by atoms with E-state index < -0.39 is 5.41 Å². The van der Waals surface area contributed by atoms with Crippen LogP contribution < -0.4 is 11.1 Å². The molecule has 1 fully saturated rings. The normalized spacial score (nSPS) is 16.2. The van der Waals surface area contributed by atoms with Crippen molar-refractivity contribution in [2.24, 2.45) is 11.7 Å². The predicted octanol–water partition coefficient (Wildman–Crippen LogP) is 2.38. The van der Waals surface area contributed by atoms with Gasteiger partial charge >= 0.3 is 0 Å². The SMILES string of the molecule is CC(C)(C(=O)NC(CN)C1CC1)c1cccc(F)c1.Cl. The quantitative estimate of drug-likeness (QED) is 0.877. The van der Waals surface area contributed by atoms with E-state index in [4.69, 9.17) is 5.73 Å². The molecule has 1 aliphatic carbocycles. The fourth-order valence-corrected chi connectivity index (χ4v) is 2.22.